The normalized spacial score (nSPS) is 13.5. The fourth-order valence-corrected chi connectivity index (χ4v) is 5.23. The number of phenolic OH excluding ortho intramolecular Hbond substituents is 1. The Balaban J connectivity index is 1.90. The molecule has 180 valence electrons. The largest absolute Gasteiger partial charge is 0.508 e. The van der Waals surface area contributed by atoms with Crippen molar-refractivity contribution in [2.75, 3.05) is 20.0 Å². The first-order valence-electron chi connectivity index (χ1n) is 10.5. The standard InChI is InChI=1S/C24H19ClN2O7S/c1-33-18-5-3-4-15(25)19(18)14-11-17-20(22-21(14)23(29)26-24(22)30)13-10-12(28)6-7-16(13)27(17)8-9-34-35(2,31)32/h3-7,10-11,28H,8-9H2,1-2H3,(H,26,29,30). The van der Waals surface area contributed by atoms with Crippen molar-refractivity contribution >= 4 is 55.3 Å². The van der Waals surface area contributed by atoms with E-state index in [1.807, 2.05) is 0 Å². The summed E-state index contributed by atoms with van der Waals surface area (Å²) in [7, 11) is -2.20. The maximum atomic E-state index is 13.0. The molecule has 0 saturated carbocycles. The molecule has 0 aliphatic carbocycles. The lowest BCUT2D eigenvalue weighted by atomic mass is 9.92. The van der Waals surface area contributed by atoms with Gasteiger partial charge in [0.05, 0.1) is 41.6 Å². The van der Waals surface area contributed by atoms with E-state index >= 15 is 0 Å². The molecule has 5 rings (SSSR count). The number of halogens is 1. The lowest BCUT2D eigenvalue weighted by Crippen LogP contribution is -2.20. The van der Waals surface area contributed by atoms with Crippen LogP contribution >= 0.6 is 11.6 Å². The van der Waals surface area contributed by atoms with Crippen LogP contribution in [0.3, 0.4) is 0 Å². The van der Waals surface area contributed by atoms with Gasteiger partial charge in [-0.25, -0.2) is 0 Å². The molecule has 1 aliphatic rings. The van der Waals surface area contributed by atoms with Gasteiger partial charge in [-0.1, -0.05) is 17.7 Å². The molecule has 0 atom stereocenters. The molecule has 0 bridgehead atoms. The zero-order valence-electron chi connectivity index (χ0n) is 18.6. The lowest BCUT2D eigenvalue weighted by molar-refractivity contribution is 0.0880. The average molecular weight is 515 g/mol. The Labute approximate surface area is 204 Å². The lowest BCUT2D eigenvalue weighted by Gasteiger charge is -2.15. The Hall–Kier alpha value is -3.60. The second-order valence-electron chi connectivity index (χ2n) is 8.05. The van der Waals surface area contributed by atoms with E-state index in [1.54, 1.807) is 34.9 Å². The van der Waals surface area contributed by atoms with Crippen LogP contribution in [0.4, 0.5) is 0 Å². The molecular formula is C24H19ClN2O7S. The van der Waals surface area contributed by atoms with Crippen LogP contribution in [0.25, 0.3) is 32.9 Å². The first kappa shape index (κ1) is 23.2. The van der Waals surface area contributed by atoms with E-state index in [1.165, 1.54) is 19.2 Å². The van der Waals surface area contributed by atoms with E-state index in [4.69, 9.17) is 20.5 Å². The Bertz CT molecular complexity index is 1680. The number of nitrogens with zero attached hydrogens (tertiary/aromatic N) is 1. The quantitative estimate of drug-likeness (QED) is 0.297. The van der Waals surface area contributed by atoms with Gasteiger partial charge < -0.3 is 14.4 Å². The van der Waals surface area contributed by atoms with Gasteiger partial charge in [0.15, 0.2) is 0 Å². The van der Waals surface area contributed by atoms with E-state index in [9.17, 15) is 23.1 Å². The number of methoxy groups -OCH3 is 1. The number of hydrogen-bond donors (Lipinski definition) is 2. The Kier molecular flexibility index (Phi) is 5.47. The highest BCUT2D eigenvalue weighted by Gasteiger charge is 2.35. The number of fused-ring (bicyclic) bond motifs is 5. The minimum absolute atomic E-state index is 0.0285. The smallest absolute Gasteiger partial charge is 0.264 e. The van der Waals surface area contributed by atoms with E-state index < -0.39 is 21.9 Å². The summed E-state index contributed by atoms with van der Waals surface area (Å²) < 4.78 is 35.3. The maximum absolute atomic E-state index is 13.0. The summed E-state index contributed by atoms with van der Waals surface area (Å²) in [5.41, 5.74) is 2.25. The number of carbonyl (C=O) groups excluding carboxylic acids is 2. The Morgan fingerprint density at radius 1 is 1.03 bits per heavy atom. The molecule has 2 heterocycles. The van der Waals surface area contributed by atoms with Gasteiger partial charge in [-0.15, -0.1) is 0 Å². The second-order valence-corrected chi connectivity index (χ2v) is 10.1. The number of nitrogens with one attached hydrogen (secondary N) is 1. The minimum atomic E-state index is -3.68. The summed E-state index contributed by atoms with van der Waals surface area (Å²) in [4.78, 5) is 26.0. The molecule has 0 saturated heterocycles. The molecule has 4 aromatic rings. The Morgan fingerprint density at radius 3 is 2.49 bits per heavy atom. The number of imide groups is 1. The molecule has 11 heteroatoms. The van der Waals surface area contributed by atoms with Crippen molar-refractivity contribution in [1.82, 2.24) is 9.88 Å². The number of carbonyl (C=O) groups is 2. The van der Waals surface area contributed by atoms with Crippen LogP contribution in [0.2, 0.25) is 5.02 Å². The van der Waals surface area contributed by atoms with Crippen molar-refractivity contribution in [1.29, 1.82) is 0 Å². The number of phenols is 1. The number of amides is 2. The van der Waals surface area contributed by atoms with Crippen molar-refractivity contribution in [3.05, 3.63) is 58.6 Å². The molecule has 0 fully saturated rings. The van der Waals surface area contributed by atoms with Gasteiger partial charge in [-0.2, -0.15) is 8.42 Å². The first-order valence-corrected chi connectivity index (χ1v) is 12.6. The zero-order chi connectivity index (χ0) is 25.1. The van der Waals surface area contributed by atoms with Gasteiger partial charge in [-0.05, 0) is 36.4 Å². The molecule has 35 heavy (non-hydrogen) atoms. The van der Waals surface area contributed by atoms with Crippen LogP contribution < -0.4 is 10.1 Å². The van der Waals surface area contributed by atoms with Gasteiger partial charge in [0, 0.05) is 34.0 Å². The SMILES string of the molecule is COc1cccc(Cl)c1-c1cc2c(c3c1C(=O)NC3=O)c1cc(O)ccc1n2CCOS(C)(=O)=O. The summed E-state index contributed by atoms with van der Waals surface area (Å²) in [5.74, 6) is -0.783. The fourth-order valence-electron chi connectivity index (χ4n) is 4.59. The van der Waals surface area contributed by atoms with E-state index in [0.29, 0.717) is 43.7 Å². The molecule has 2 amide bonds. The molecule has 9 nitrogen and oxygen atoms in total. The minimum Gasteiger partial charge on any atom is -0.508 e. The predicted molar refractivity (Wildman–Crippen MR) is 131 cm³/mol. The van der Waals surface area contributed by atoms with Gasteiger partial charge >= 0.3 is 0 Å². The van der Waals surface area contributed by atoms with Crippen LogP contribution in [0.15, 0.2) is 42.5 Å². The number of aromatic hydroxyl groups is 1. The van der Waals surface area contributed by atoms with Crippen molar-refractivity contribution in [3.63, 3.8) is 0 Å². The van der Waals surface area contributed by atoms with Gasteiger partial charge in [0.25, 0.3) is 21.9 Å². The molecule has 0 spiro atoms. The third-order valence-corrected chi connectivity index (χ3v) is 6.81. The Morgan fingerprint density at radius 2 is 1.77 bits per heavy atom. The predicted octanol–water partition coefficient (Wildman–Crippen LogP) is 3.69. The third-order valence-electron chi connectivity index (χ3n) is 5.90. The first-order chi connectivity index (χ1) is 16.6. The average Bonchev–Trinajstić information content (AvgIpc) is 3.25. The summed E-state index contributed by atoms with van der Waals surface area (Å²) in [6.07, 6.45) is 0.960. The van der Waals surface area contributed by atoms with Crippen LogP contribution in [0.5, 0.6) is 11.5 Å². The molecule has 0 radical (unpaired) electrons. The summed E-state index contributed by atoms with van der Waals surface area (Å²) in [6, 6.07) is 11.4. The third kappa shape index (κ3) is 3.79. The summed E-state index contributed by atoms with van der Waals surface area (Å²) in [6.45, 7) is -0.0448. The monoisotopic (exact) mass is 514 g/mol. The molecule has 1 aliphatic heterocycles. The number of benzene rings is 3. The fraction of sp³-hybridized carbons (Fsp3) is 0.167. The molecule has 3 aromatic carbocycles. The van der Waals surface area contributed by atoms with Gasteiger partial charge in [0.1, 0.15) is 11.5 Å². The molecular weight excluding hydrogens is 496 g/mol. The van der Waals surface area contributed by atoms with E-state index in [-0.39, 0.29) is 30.0 Å². The van der Waals surface area contributed by atoms with Crippen molar-refractivity contribution < 1.29 is 32.0 Å². The second kappa shape index (κ2) is 8.26. The van der Waals surface area contributed by atoms with Gasteiger partial charge in [0.2, 0.25) is 0 Å². The van der Waals surface area contributed by atoms with Crippen molar-refractivity contribution in [2.45, 2.75) is 6.54 Å². The van der Waals surface area contributed by atoms with Crippen LogP contribution in [-0.4, -0.2) is 49.9 Å². The van der Waals surface area contributed by atoms with E-state index in [2.05, 4.69) is 5.32 Å². The van der Waals surface area contributed by atoms with Gasteiger partial charge in [-0.3, -0.25) is 19.1 Å². The maximum Gasteiger partial charge on any atom is 0.264 e. The van der Waals surface area contributed by atoms with Crippen LogP contribution in [0.1, 0.15) is 20.7 Å². The number of aromatic nitrogens is 1. The van der Waals surface area contributed by atoms with Crippen molar-refractivity contribution in [3.8, 4) is 22.6 Å². The molecule has 1 aromatic heterocycles. The van der Waals surface area contributed by atoms with E-state index in [0.717, 1.165) is 6.26 Å². The molecule has 0 unspecified atom stereocenters. The zero-order valence-corrected chi connectivity index (χ0v) is 20.2. The van der Waals surface area contributed by atoms with Crippen LogP contribution in [-0.2, 0) is 20.8 Å². The van der Waals surface area contributed by atoms with Crippen molar-refractivity contribution in [2.24, 2.45) is 0 Å². The number of hydrogen-bond acceptors (Lipinski definition) is 7. The number of rotatable bonds is 6. The summed E-state index contributed by atoms with van der Waals surface area (Å²) in [5, 5.41) is 13.8. The highest BCUT2D eigenvalue weighted by molar-refractivity contribution is 7.85. The topological polar surface area (TPSA) is 124 Å². The summed E-state index contributed by atoms with van der Waals surface area (Å²) >= 11 is 6.53. The molecule has 2 N–H and O–H groups in total. The number of ether oxygens (including phenoxy) is 1. The highest BCUT2D eigenvalue weighted by Crippen LogP contribution is 2.45. The highest BCUT2D eigenvalue weighted by atomic mass is 35.5. The van der Waals surface area contributed by atoms with Crippen LogP contribution in [0, 0.1) is 0 Å².